The molecule has 9 heteroatoms. The maximum Gasteiger partial charge on any atom is 0.277 e. The highest BCUT2D eigenvalue weighted by Crippen LogP contribution is 2.30. The fourth-order valence-electron chi connectivity index (χ4n) is 2.44. The molecule has 7 nitrogen and oxygen atoms in total. The Morgan fingerprint density at radius 2 is 1.85 bits per heavy atom. The van der Waals surface area contributed by atoms with Crippen LogP contribution < -0.4 is 4.72 Å². The number of thiazole rings is 1. The van der Waals surface area contributed by atoms with Crippen molar-refractivity contribution in [3.8, 4) is 11.1 Å². The van der Waals surface area contributed by atoms with Crippen LogP contribution in [-0.4, -0.2) is 24.9 Å². The second-order valence-corrected chi connectivity index (χ2v) is 8.12. The van der Waals surface area contributed by atoms with Crippen LogP contribution in [0.3, 0.4) is 0 Å². The Morgan fingerprint density at radius 3 is 2.50 bits per heavy atom. The van der Waals surface area contributed by atoms with Gasteiger partial charge in [-0.15, -0.1) is 11.3 Å². The van der Waals surface area contributed by atoms with Gasteiger partial charge in [-0.25, -0.2) is 18.1 Å². The maximum atomic E-state index is 12.3. The third-order valence-electron chi connectivity index (χ3n) is 3.69. The number of nitro groups is 1. The van der Waals surface area contributed by atoms with Crippen molar-refractivity contribution >= 4 is 27.0 Å². The second-order valence-electron chi connectivity index (χ2n) is 5.37. The van der Waals surface area contributed by atoms with E-state index in [2.05, 4.69) is 9.71 Å². The highest BCUT2D eigenvalue weighted by atomic mass is 32.2. The van der Waals surface area contributed by atoms with Crippen LogP contribution in [0.25, 0.3) is 11.1 Å². The van der Waals surface area contributed by atoms with Gasteiger partial charge >= 0.3 is 0 Å². The van der Waals surface area contributed by atoms with Crippen LogP contribution in [0.1, 0.15) is 5.01 Å². The number of hydrogen-bond acceptors (Lipinski definition) is 6. The summed E-state index contributed by atoms with van der Waals surface area (Å²) in [7, 11) is -3.65. The van der Waals surface area contributed by atoms with Gasteiger partial charge in [0.25, 0.3) is 5.69 Å². The molecule has 1 aromatic heterocycles. The molecule has 0 fully saturated rings. The Bertz CT molecular complexity index is 1000. The quantitative estimate of drug-likeness (QED) is 0.494. The minimum Gasteiger partial charge on any atom is -0.258 e. The van der Waals surface area contributed by atoms with Crippen LogP contribution in [0.5, 0.6) is 0 Å². The first-order valence-corrected chi connectivity index (χ1v) is 10.1. The van der Waals surface area contributed by atoms with Crippen LogP contribution in [0.15, 0.2) is 65.0 Å². The first-order valence-electron chi connectivity index (χ1n) is 7.69. The lowest BCUT2D eigenvalue weighted by atomic mass is 10.0. The fourth-order valence-corrected chi connectivity index (χ4v) is 4.09. The molecule has 2 aromatic carbocycles. The van der Waals surface area contributed by atoms with Crippen LogP contribution in [0, 0.1) is 10.1 Å². The van der Waals surface area contributed by atoms with Crippen LogP contribution in [0.2, 0.25) is 0 Å². The third-order valence-corrected chi connectivity index (χ3v) is 6.01. The summed E-state index contributed by atoms with van der Waals surface area (Å²) in [5.41, 5.74) is 1.00. The molecule has 3 rings (SSSR count). The smallest absolute Gasteiger partial charge is 0.258 e. The van der Waals surface area contributed by atoms with Crippen LogP contribution >= 0.6 is 11.3 Å². The summed E-state index contributed by atoms with van der Waals surface area (Å²) in [6.45, 7) is 0.252. The van der Waals surface area contributed by atoms with Crippen molar-refractivity contribution in [2.45, 2.75) is 11.3 Å². The normalized spacial score (nSPS) is 11.4. The SMILES string of the molecule is O=[N+]([O-])c1ccccc1-c1ccc(S(=O)(=O)NCCc2nccs2)cc1. The van der Waals surface area contributed by atoms with Gasteiger partial charge in [0.2, 0.25) is 10.0 Å². The number of benzene rings is 2. The minimum atomic E-state index is -3.65. The molecule has 0 aliphatic heterocycles. The van der Waals surface area contributed by atoms with Crippen LogP contribution in [-0.2, 0) is 16.4 Å². The zero-order valence-electron chi connectivity index (χ0n) is 13.5. The molecule has 0 saturated heterocycles. The highest BCUT2D eigenvalue weighted by molar-refractivity contribution is 7.89. The molecule has 0 bridgehead atoms. The molecule has 134 valence electrons. The second kappa shape index (κ2) is 7.73. The molecule has 0 unspecified atom stereocenters. The first kappa shape index (κ1) is 18.2. The zero-order valence-corrected chi connectivity index (χ0v) is 15.2. The maximum absolute atomic E-state index is 12.3. The van der Waals surface area contributed by atoms with Crippen molar-refractivity contribution in [3.63, 3.8) is 0 Å². The summed E-state index contributed by atoms with van der Waals surface area (Å²) in [5.74, 6) is 0. The molecule has 0 saturated carbocycles. The Morgan fingerprint density at radius 1 is 1.12 bits per heavy atom. The lowest BCUT2D eigenvalue weighted by Gasteiger charge is -2.08. The number of nitrogens with one attached hydrogen (secondary N) is 1. The predicted octanol–water partition coefficient (Wildman–Crippen LogP) is 3.24. The number of para-hydroxylation sites is 1. The summed E-state index contributed by atoms with van der Waals surface area (Å²) in [6, 6.07) is 12.4. The summed E-state index contributed by atoms with van der Waals surface area (Å²) in [5, 5.41) is 13.8. The van der Waals surface area contributed by atoms with Crippen molar-refractivity contribution < 1.29 is 13.3 Å². The molecule has 26 heavy (non-hydrogen) atoms. The van der Waals surface area contributed by atoms with Gasteiger partial charge in [-0.1, -0.05) is 24.3 Å². The van der Waals surface area contributed by atoms with Gasteiger partial charge in [-0.3, -0.25) is 10.1 Å². The number of nitrogens with zero attached hydrogens (tertiary/aromatic N) is 2. The summed E-state index contributed by atoms with van der Waals surface area (Å²) < 4.78 is 27.2. The van der Waals surface area contributed by atoms with Gasteiger partial charge in [0.1, 0.15) is 0 Å². The van der Waals surface area contributed by atoms with Gasteiger partial charge in [-0.2, -0.15) is 0 Å². The Kier molecular flexibility index (Phi) is 5.40. The number of hydrogen-bond donors (Lipinski definition) is 1. The van der Waals surface area contributed by atoms with E-state index in [0.717, 1.165) is 5.01 Å². The van der Waals surface area contributed by atoms with E-state index in [1.54, 1.807) is 36.5 Å². The molecule has 0 aliphatic carbocycles. The Hall–Kier alpha value is -2.62. The molecule has 0 spiro atoms. The minimum absolute atomic E-state index is 0.0234. The van der Waals surface area contributed by atoms with Crippen molar-refractivity contribution in [1.82, 2.24) is 9.71 Å². The van der Waals surface area contributed by atoms with E-state index in [1.165, 1.54) is 29.5 Å². The number of aromatic nitrogens is 1. The molecule has 1 heterocycles. The van der Waals surface area contributed by atoms with E-state index in [-0.39, 0.29) is 17.1 Å². The van der Waals surface area contributed by atoms with Gasteiger partial charge in [0, 0.05) is 30.6 Å². The van der Waals surface area contributed by atoms with Crippen molar-refractivity contribution in [2.24, 2.45) is 0 Å². The average Bonchev–Trinajstić information content (AvgIpc) is 3.15. The third kappa shape index (κ3) is 4.13. The van der Waals surface area contributed by atoms with E-state index < -0.39 is 14.9 Å². The first-order chi connectivity index (χ1) is 12.5. The van der Waals surface area contributed by atoms with Gasteiger partial charge in [0.15, 0.2) is 0 Å². The number of nitro benzene ring substituents is 1. The standard InChI is InChI=1S/C17H15N3O4S2/c21-20(22)16-4-2-1-3-15(16)13-5-7-14(8-6-13)26(23,24)19-10-9-17-18-11-12-25-17/h1-8,11-12,19H,9-10H2. The van der Waals surface area contributed by atoms with Gasteiger partial charge in [0.05, 0.1) is 20.4 Å². The van der Waals surface area contributed by atoms with Gasteiger partial charge in [-0.05, 0) is 23.8 Å². The van der Waals surface area contributed by atoms with Gasteiger partial charge < -0.3 is 0 Å². The van der Waals surface area contributed by atoms with Crippen molar-refractivity contribution in [2.75, 3.05) is 6.54 Å². The highest BCUT2D eigenvalue weighted by Gasteiger charge is 2.17. The predicted molar refractivity (Wildman–Crippen MR) is 99.5 cm³/mol. The zero-order chi connectivity index (χ0) is 18.6. The summed E-state index contributed by atoms with van der Waals surface area (Å²) >= 11 is 1.47. The molecular formula is C17H15N3O4S2. The Balaban J connectivity index is 1.75. The largest absolute Gasteiger partial charge is 0.277 e. The molecule has 0 radical (unpaired) electrons. The molecule has 1 N–H and O–H groups in total. The molecule has 3 aromatic rings. The van der Waals surface area contributed by atoms with Crippen LogP contribution in [0.4, 0.5) is 5.69 Å². The van der Waals surface area contributed by atoms with Crippen molar-refractivity contribution in [3.05, 3.63) is 75.2 Å². The van der Waals surface area contributed by atoms with Crippen molar-refractivity contribution in [1.29, 1.82) is 0 Å². The summed E-state index contributed by atoms with van der Waals surface area (Å²) in [4.78, 5) is 14.9. The number of rotatable bonds is 7. The molecular weight excluding hydrogens is 374 g/mol. The molecule has 0 atom stereocenters. The van der Waals surface area contributed by atoms with E-state index in [1.807, 2.05) is 5.38 Å². The van der Waals surface area contributed by atoms with E-state index >= 15 is 0 Å². The lowest BCUT2D eigenvalue weighted by Crippen LogP contribution is -2.25. The monoisotopic (exact) mass is 389 g/mol. The fraction of sp³-hybridized carbons (Fsp3) is 0.118. The lowest BCUT2D eigenvalue weighted by molar-refractivity contribution is -0.384. The van der Waals surface area contributed by atoms with E-state index in [4.69, 9.17) is 0 Å². The molecule has 0 amide bonds. The van der Waals surface area contributed by atoms with E-state index in [0.29, 0.717) is 17.5 Å². The summed E-state index contributed by atoms with van der Waals surface area (Å²) in [6.07, 6.45) is 2.20. The van der Waals surface area contributed by atoms with E-state index in [9.17, 15) is 18.5 Å². The Labute approximate surface area is 154 Å². The molecule has 0 aliphatic rings. The average molecular weight is 389 g/mol. The number of sulfonamides is 1. The topological polar surface area (TPSA) is 102 Å².